The Balaban J connectivity index is 3.90. The van der Waals surface area contributed by atoms with Gasteiger partial charge in [0.05, 0.1) is 6.34 Å². The van der Waals surface area contributed by atoms with E-state index >= 15 is 0 Å². The van der Waals surface area contributed by atoms with Crippen LogP contribution in [0.25, 0.3) is 0 Å². The zero-order valence-corrected chi connectivity index (χ0v) is 10.8. The van der Waals surface area contributed by atoms with Crippen LogP contribution in [0.4, 0.5) is 0 Å². The second-order valence-corrected chi connectivity index (χ2v) is 9.27. The van der Waals surface area contributed by atoms with Crippen molar-refractivity contribution >= 4 is 35.1 Å². The number of rotatable bonds is 7. The Kier molecular flexibility index (Phi) is 8.06. The van der Waals surface area contributed by atoms with Gasteiger partial charge >= 0.3 is 0 Å². The van der Waals surface area contributed by atoms with Crippen molar-refractivity contribution in [1.82, 2.24) is 5.09 Å². The van der Waals surface area contributed by atoms with E-state index in [1.807, 2.05) is 0 Å². The van der Waals surface area contributed by atoms with Gasteiger partial charge in [-0.25, -0.2) is 0 Å². The van der Waals surface area contributed by atoms with E-state index < -0.39 is 5.62 Å². The molecular weight excluding hydrogens is 223 g/mol. The van der Waals surface area contributed by atoms with Crippen LogP contribution >= 0.6 is 17.0 Å². The maximum absolute atomic E-state index is 5.30. The minimum Gasteiger partial charge on any atom is -0.330 e. The molecule has 3 nitrogen and oxygen atoms in total. The van der Waals surface area contributed by atoms with Crippen LogP contribution in [0, 0.1) is 0 Å². The first-order valence-corrected chi connectivity index (χ1v) is 8.56. The summed E-state index contributed by atoms with van der Waals surface area (Å²) in [4.78, 5) is 4.14. The Morgan fingerprint density at radius 2 is 2.31 bits per heavy atom. The van der Waals surface area contributed by atoms with Crippen LogP contribution in [0.5, 0.6) is 0 Å². The van der Waals surface area contributed by atoms with Gasteiger partial charge in [-0.05, 0) is 24.0 Å². The maximum atomic E-state index is 5.30. The molecule has 1 N–H and O–H groups in total. The van der Waals surface area contributed by atoms with Crippen molar-refractivity contribution < 1.29 is 4.52 Å². The van der Waals surface area contributed by atoms with Crippen LogP contribution in [0.1, 0.15) is 20.3 Å². The molecule has 0 spiro atoms. The van der Waals surface area contributed by atoms with Gasteiger partial charge in [-0.2, -0.15) is 0 Å². The average Bonchev–Trinajstić information content (AvgIpc) is 2.13. The quantitative estimate of drug-likeness (QED) is 0.421. The zero-order chi connectivity index (χ0) is 10.2. The maximum Gasteiger partial charge on any atom is 0.210 e. The first-order valence-electron chi connectivity index (χ1n) is 4.25. The summed E-state index contributed by atoms with van der Waals surface area (Å²) in [6.07, 6.45) is 2.73. The fourth-order valence-corrected chi connectivity index (χ4v) is 4.26. The molecule has 0 aliphatic carbocycles. The summed E-state index contributed by atoms with van der Waals surface area (Å²) in [5.74, 6) is 0.958. The lowest BCUT2D eigenvalue weighted by Gasteiger charge is -2.17. The molecule has 0 aliphatic heterocycles. The van der Waals surface area contributed by atoms with Gasteiger partial charge in [0.2, 0.25) is 5.62 Å². The molecule has 0 heterocycles. The van der Waals surface area contributed by atoms with Crippen LogP contribution < -0.4 is 5.09 Å². The van der Waals surface area contributed by atoms with Crippen molar-refractivity contribution in [3.8, 4) is 0 Å². The number of hydrogen-bond donors (Lipinski definition) is 1. The Hall–Kier alpha value is 0.430. The standard InChI is InChI=1S/C7H17N2OPS2/c1-4-6-8-7-9-11(12,10-3)13-5-2/h7H,4-6H2,1-3H3,(H,8,9,12). The molecule has 0 fully saturated rings. The molecule has 6 heteroatoms. The number of aliphatic imine (C=N–C) groups is 1. The third-order valence-electron chi connectivity index (χ3n) is 1.20. The van der Waals surface area contributed by atoms with E-state index in [1.165, 1.54) is 0 Å². The molecule has 0 saturated carbocycles. The molecule has 0 rings (SSSR count). The van der Waals surface area contributed by atoms with Crippen LogP contribution in [-0.2, 0) is 16.3 Å². The van der Waals surface area contributed by atoms with Crippen molar-refractivity contribution in [2.75, 3.05) is 19.4 Å². The lowest BCUT2D eigenvalue weighted by atomic mass is 10.5. The number of nitrogens with one attached hydrogen (secondary N) is 1. The first-order chi connectivity index (χ1) is 6.18. The Labute approximate surface area is 89.6 Å². The summed E-state index contributed by atoms with van der Waals surface area (Å²) in [5.41, 5.74) is -1.89. The van der Waals surface area contributed by atoms with Gasteiger partial charge in [-0.3, -0.25) is 4.99 Å². The molecule has 0 saturated heterocycles. The van der Waals surface area contributed by atoms with Crippen LogP contribution in [0.15, 0.2) is 4.99 Å². The van der Waals surface area contributed by atoms with Crippen molar-refractivity contribution in [3.05, 3.63) is 0 Å². The summed E-state index contributed by atoms with van der Waals surface area (Å²) in [6.45, 7) is 4.99. The normalized spacial score (nSPS) is 15.9. The Morgan fingerprint density at radius 3 is 2.77 bits per heavy atom. The summed E-state index contributed by atoms with van der Waals surface area (Å²) in [6, 6.07) is 0. The van der Waals surface area contributed by atoms with E-state index in [0.717, 1.165) is 18.7 Å². The molecule has 0 aromatic rings. The van der Waals surface area contributed by atoms with Gasteiger partial charge < -0.3 is 9.61 Å². The van der Waals surface area contributed by atoms with Gasteiger partial charge in [0.25, 0.3) is 0 Å². The van der Waals surface area contributed by atoms with Gasteiger partial charge in [-0.1, -0.05) is 25.2 Å². The molecule has 0 aromatic heterocycles. The highest BCUT2D eigenvalue weighted by atomic mass is 32.9. The highest BCUT2D eigenvalue weighted by Gasteiger charge is 2.12. The minimum atomic E-state index is -1.89. The molecule has 13 heavy (non-hydrogen) atoms. The number of nitrogens with zero attached hydrogens (tertiary/aromatic N) is 1. The molecule has 0 amide bonds. The first kappa shape index (κ1) is 13.4. The highest BCUT2D eigenvalue weighted by Crippen LogP contribution is 2.54. The molecule has 0 radical (unpaired) electrons. The molecule has 78 valence electrons. The largest absolute Gasteiger partial charge is 0.330 e. The van der Waals surface area contributed by atoms with E-state index in [2.05, 4.69) is 23.9 Å². The van der Waals surface area contributed by atoms with Crippen molar-refractivity contribution in [3.63, 3.8) is 0 Å². The van der Waals surface area contributed by atoms with Crippen LogP contribution in [0.2, 0.25) is 0 Å². The van der Waals surface area contributed by atoms with E-state index in [0.29, 0.717) is 0 Å². The van der Waals surface area contributed by atoms with Crippen molar-refractivity contribution in [2.24, 2.45) is 4.99 Å². The smallest absolute Gasteiger partial charge is 0.210 e. The SMILES string of the molecule is CCCN=CNP(=S)(OC)SCC. The molecular formula is C7H17N2OPS2. The Bertz CT molecular complexity index is 199. The summed E-state index contributed by atoms with van der Waals surface area (Å²) >= 11 is 6.94. The van der Waals surface area contributed by atoms with E-state index in [9.17, 15) is 0 Å². The lowest BCUT2D eigenvalue weighted by Crippen LogP contribution is -2.06. The van der Waals surface area contributed by atoms with E-state index in [-0.39, 0.29) is 0 Å². The average molecular weight is 240 g/mol. The number of hydrogen-bond acceptors (Lipinski definition) is 4. The summed E-state index contributed by atoms with van der Waals surface area (Å²) < 4.78 is 5.24. The second-order valence-electron chi connectivity index (χ2n) is 2.26. The molecule has 0 aromatic carbocycles. The summed E-state index contributed by atoms with van der Waals surface area (Å²) in [7, 11) is 1.64. The molecule has 1 unspecified atom stereocenters. The van der Waals surface area contributed by atoms with Crippen LogP contribution in [-0.4, -0.2) is 25.7 Å². The fourth-order valence-electron chi connectivity index (χ4n) is 0.618. The zero-order valence-electron chi connectivity index (χ0n) is 8.32. The van der Waals surface area contributed by atoms with Crippen LogP contribution in [0.3, 0.4) is 0 Å². The lowest BCUT2D eigenvalue weighted by molar-refractivity contribution is 0.467. The van der Waals surface area contributed by atoms with Gasteiger partial charge in [-0.15, -0.1) is 0 Å². The molecule has 0 bridgehead atoms. The predicted octanol–water partition coefficient (Wildman–Crippen LogP) is 2.64. The second kappa shape index (κ2) is 7.80. The molecule has 1 atom stereocenters. The Morgan fingerprint density at radius 1 is 1.62 bits per heavy atom. The molecule has 0 aliphatic rings. The van der Waals surface area contributed by atoms with E-state index in [4.69, 9.17) is 16.3 Å². The van der Waals surface area contributed by atoms with Gasteiger partial charge in [0, 0.05) is 13.7 Å². The monoisotopic (exact) mass is 240 g/mol. The predicted molar refractivity (Wildman–Crippen MR) is 66.2 cm³/mol. The van der Waals surface area contributed by atoms with Crippen molar-refractivity contribution in [1.29, 1.82) is 0 Å². The highest BCUT2D eigenvalue weighted by molar-refractivity contribution is 8.68. The van der Waals surface area contributed by atoms with Gasteiger partial charge in [0.1, 0.15) is 0 Å². The van der Waals surface area contributed by atoms with Crippen molar-refractivity contribution in [2.45, 2.75) is 20.3 Å². The third-order valence-corrected chi connectivity index (χ3v) is 6.98. The fraction of sp³-hybridized carbons (Fsp3) is 0.857. The van der Waals surface area contributed by atoms with E-state index in [1.54, 1.807) is 24.8 Å². The summed E-state index contributed by atoms with van der Waals surface area (Å²) in [5, 5.41) is 3.06. The topological polar surface area (TPSA) is 33.6 Å². The van der Waals surface area contributed by atoms with Gasteiger partial charge in [0.15, 0.2) is 0 Å². The minimum absolute atomic E-state index is 0.836. The third kappa shape index (κ3) is 6.49.